The molecular formula is C15H20N2O5. The fourth-order valence-electron chi connectivity index (χ4n) is 2.31. The van der Waals surface area contributed by atoms with E-state index in [9.17, 15) is 9.59 Å². The first-order valence-corrected chi connectivity index (χ1v) is 7.26. The minimum Gasteiger partial charge on any atom is -0.465 e. The molecule has 22 heavy (non-hydrogen) atoms. The number of esters is 1. The number of carbonyl (C=O) groups excluding carboxylic acids is 2. The number of rotatable bonds is 7. The molecule has 1 aliphatic rings. The third-order valence-electron chi connectivity index (χ3n) is 3.25. The first-order chi connectivity index (χ1) is 10.7. The van der Waals surface area contributed by atoms with Crippen molar-refractivity contribution in [2.75, 3.05) is 26.4 Å². The van der Waals surface area contributed by atoms with Gasteiger partial charge < -0.3 is 15.0 Å². The highest BCUT2D eigenvalue weighted by Crippen LogP contribution is 2.29. The van der Waals surface area contributed by atoms with Crippen LogP contribution in [0.4, 0.5) is 0 Å². The van der Waals surface area contributed by atoms with Gasteiger partial charge in [-0.25, -0.2) is 9.78 Å². The number of hydrogen-bond donors (Lipinski definition) is 2. The molecule has 1 aromatic heterocycles. The van der Waals surface area contributed by atoms with Crippen molar-refractivity contribution in [3.05, 3.63) is 29.6 Å². The van der Waals surface area contributed by atoms with Gasteiger partial charge in [0.15, 0.2) is 0 Å². The fourth-order valence-corrected chi connectivity index (χ4v) is 2.31. The maximum absolute atomic E-state index is 12.2. The second-order valence-corrected chi connectivity index (χ2v) is 4.63. The molecule has 1 atom stereocenters. The van der Waals surface area contributed by atoms with Gasteiger partial charge in [-0.15, -0.1) is 0 Å². The van der Waals surface area contributed by atoms with Crippen LogP contribution in [-0.2, 0) is 19.3 Å². The van der Waals surface area contributed by atoms with Gasteiger partial charge in [-0.1, -0.05) is 6.08 Å². The Balaban J connectivity index is 2.29. The van der Waals surface area contributed by atoms with Crippen LogP contribution >= 0.6 is 0 Å². The van der Waals surface area contributed by atoms with Crippen molar-refractivity contribution >= 4 is 17.4 Å². The van der Waals surface area contributed by atoms with E-state index in [-0.39, 0.29) is 19.1 Å². The molecule has 2 N–H and O–H groups in total. The van der Waals surface area contributed by atoms with Gasteiger partial charge in [0.25, 0.3) is 5.91 Å². The number of hydrogen-bond acceptors (Lipinski definition) is 5. The molecule has 0 saturated heterocycles. The van der Waals surface area contributed by atoms with Crippen molar-refractivity contribution in [2.24, 2.45) is 5.92 Å². The normalized spacial score (nSPS) is 15.4. The lowest BCUT2D eigenvalue weighted by Gasteiger charge is -2.18. The number of fused-ring (bicyclic) bond motifs is 1. The monoisotopic (exact) mass is 308 g/mol. The largest absolute Gasteiger partial charge is 0.465 e. The average Bonchev–Trinajstić information content (AvgIpc) is 2.93. The molecular weight excluding hydrogens is 288 g/mol. The first kappa shape index (κ1) is 16.3. The summed E-state index contributed by atoms with van der Waals surface area (Å²) >= 11 is 0. The molecule has 0 spiro atoms. The number of carbonyl (C=O) groups is 2. The predicted molar refractivity (Wildman–Crippen MR) is 78.8 cm³/mol. The molecule has 1 aromatic rings. The lowest BCUT2D eigenvalue weighted by atomic mass is 9.93. The SMILES string of the molecule is CCOOCC(C(=O)OCC)C1=CCNC(=O)c2[nH]ccc21. The van der Waals surface area contributed by atoms with Gasteiger partial charge in [0.2, 0.25) is 0 Å². The molecule has 7 heteroatoms. The molecule has 1 amide bonds. The summed E-state index contributed by atoms with van der Waals surface area (Å²) in [4.78, 5) is 37.0. The van der Waals surface area contributed by atoms with Gasteiger partial charge in [-0.2, -0.15) is 0 Å². The molecule has 2 rings (SSSR count). The number of amides is 1. The lowest BCUT2D eigenvalue weighted by molar-refractivity contribution is -0.295. The van der Waals surface area contributed by atoms with E-state index in [0.29, 0.717) is 30.0 Å². The van der Waals surface area contributed by atoms with E-state index >= 15 is 0 Å². The van der Waals surface area contributed by atoms with Gasteiger partial charge in [0, 0.05) is 18.3 Å². The zero-order valence-electron chi connectivity index (χ0n) is 12.7. The van der Waals surface area contributed by atoms with Gasteiger partial charge in [-0.05, 0) is 25.5 Å². The minimum atomic E-state index is -0.659. The number of aromatic amines is 1. The Hall–Kier alpha value is -2.12. The Morgan fingerprint density at radius 2 is 2.14 bits per heavy atom. The fraction of sp³-hybridized carbons (Fsp3) is 0.467. The third kappa shape index (κ3) is 3.55. The third-order valence-corrected chi connectivity index (χ3v) is 3.25. The second-order valence-electron chi connectivity index (χ2n) is 4.63. The number of ether oxygens (including phenoxy) is 1. The number of nitrogens with one attached hydrogen (secondary N) is 2. The van der Waals surface area contributed by atoms with E-state index in [1.807, 2.05) is 0 Å². The van der Waals surface area contributed by atoms with Crippen LogP contribution in [0.2, 0.25) is 0 Å². The van der Waals surface area contributed by atoms with Crippen molar-refractivity contribution < 1.29 is 24.1 Å². The predicted octanol–water partition coefficient (Wildman–Crippen LogP) is 1.29. The summed E-state index contributed by atoms with van der Waals surface area (Å²) < 4.78 is 5.12. The summed E-state index contributed by atoms with van der Waals surface area (Å²) in [6, 6.07) is 1.76. The van der Waals surface area contributed by atoms with E-state index in [1.165, 1.54) is 0 Å². The van der Waals surface area contributed by atoms with Gasteiger partial charge in [0.05, 0.1) is 19.8 Å². The van der Waals surface area contributed by atoms with Crippen molar-refractivity contribution in [1.29, 1.82) is 0 Å². The van der Waals surface area contributed by atoms with Crippen molar-refractivity contribution in [1.82, 2.24) is 10.3 Å². The van der Waals surface area contributed by atoms with Gasteiger partial charge >= 0.3 is 5.97 Å². The molecule has 1 aliphatic heterocycles. The highest BCUT2D eigenvalue weighted by atomic mass is 17.2. The molecule has 0 saturated carbocycles. The van der Waals surface area contributed by atoms with E-state index in [0.717, 1.165) is 0 Å². The van der Waals surface area contributed by atoms with E-state index in [4.69, 9.17) is 14.5 Å². The van der Waals surface area contributed by atoms with E-state index < -0.39 is 11.9 Å². The summed E-state index contributed by atoms with van der Waals surface area (Å²) in [5.74, 6) is -1.27. The van der Waals surface area contributed by atoms with Crippen LogP contribution in [0.15, 0.2) is 18.3 Å². The number of H-pyrrole nitrogens is 1. The second kappa shape index (κ2) is 7.77. The molecule has 0 fully saturated rings. The van der Waals surface area contributed by atoms with Crippen molar-refractivity contribution in [3.8, 4) is 0 Å². The molecule has 120 valence electrons. The molecule has 7 nitrogen and oxygen atoms in total. The maximum atomic E-state index is 12.2. The molecule has 0 radical (unpaired) electrons. The smallest absolute Gasteiger partial charge is 0.315 e. The van der Waals surface area contributed by atoms with Crippen LogP contribution in [0, 0.1) is 5.92 Å². The molecule has 0 aliphatic carbocycles. The zero-order valence-corrected chi connectivity index (χ0v) is 12.7. The van der Waals surface area contributed by atoms with Crippen molar-refractivity contribution in [3.63, 3.8) is 0 Å². The quantitative estimate of drug-likeness (QED) is 0.343. The Labute approximate surface area is 128 Å². The van der Waals surface area contributed by atoms with Crippen LogP contribution in [0.3, 0.4) is 0 Å². The van der Waals surface area contributed by atoms with Gasteiger partial charge in [0.1, 0.15) is 11.6 Å². The summed E-state index contributed by atoms with van der Waals surface area (Å²) in [6.07, 6.45) is 3.46. The van der Waals surface area contributed by atoms with Crippen LogP contribution in [0.5, 0.6) is 0 Å². The van der Waals surface area contributed by atoms with Crippen LogP contribution in [0.25, 0.3) is 5.57 Å². The molecule has 2 heterocycles. The van der Waals surface area contributed by atoms with Crippen LogP contribution in [-0.4, -0.2) is 43.2 Å². The highest BCUT2D eigenvalue weighted by Gasteiger charge is 2.30. The topological polar surface area (TPSA) is 89.7 Å². The molecule has 0 bridgehead atoms. The lowest BCUT2D eigenvalue weighted by Crippen LogP contribution is -2.24. The Bertz CT molecular complexity index is 564. The summed E-state index contributed by atoms with van der Waals surface area (Å²) in [5, 5.41) is 2.74. The Morgan fingerprint density at radius 1 is 1.32 bits per heavy atom. The van der Waals surface area contributed by atoms with Crippen LogP contribution in [0.1, 0.15) is 29.9 Å². The average molecular weight is 308 g/mol. The highest BCUT2D eigenvalue weighted by molar-refractivity contribution is 6.01. The molecule has 0 aromatic carbocycles. The molecule has 1 unspecified atom stereocenters. The van der Waals surface area contributed by atoms with E-state index in [2.05, 4.69) is 10.3 Å². The summed E-state index contributed by atoms with van der Waals surface area (Å²) in [5.41, 5.74) is 1.79. The number of aromatic nitrogens is 1. The Kier molecular flexibility index (Phi) is 5.74. The zero-order chi connectivity index (χ0) is 15.9. The standard InChI is InChI=1S/C15H20N2O5/c1-3-20-15(19)12(9-22-21-4-2)10-5-8-17-14(18)13-11(10)6-7-16-13/h5-7,12,16H,3-4,8-9H2,1-2H3,(H,17,18). The maximum Gasteiger partial charge on any atom is 0.315 e. The van der Waals surface area contributed by atoms with E-state index in [1.54, 1.807) is 32.2 Å². The minimum absolute atomic E-state index is 0.0251. The van der Waals surface area contributed by atoms with Crippen molar-refractivity contribution in [2.45, 2.75) is 13.8 Å². The first-order valence-electron chi connectivity index (χ1n) is 7.26. The van der Waals surface area contributed by atoms with Crippen LogP contribution < -0.4 is 5.32 Å². The summed E-state index contributed by atoms with van der Waals surface area (Å²) in [7, 11) is 0. The van der Waals surface area contributed by atoms with Gasteiger partial charge in [-0.3, -0.25) is 9.59 Å². The summed E-state index contributed by atoms with van der Waals surface area (Å²) in [6.45, 7) is 4.54. The Morgan fingerprint density at radius 3 is 2.86 bits per heavy atom.